The van der Waals surface area contributed by atoms with E-state index in [9.17, 15) is 23.5 Å². The van der Waals surface area contributed by atoms with Crippen LogP contribution >= 0.6 is 0 Å². The first-order valence-corrected chi connectivity index (χ1v) is 13.0. The lowest BCUT2D eigenvalue weighted by molar-refractivity contribution is -0.153. The summed E-state index contributed by atoms with van der Waals surface area (Å²) >= 11 is -2.55. The van der Waals surface area contributed by atoms with Crippen LogP contribution < -0.4 is 21.1 Å². The number of hydrogen-bond acceptors (Lipinski definition) is 5. The maximum Gasteiger partial charge on any atom is 0.326 e. The Labute approximate surface area is 208 Å². The molecule has 7 N–H and O–H groups in total. The van der Waals surface area contributed by atoms with Crippen molar-refractivity contribution in [3.8, 4) is 0 Å². The van der Waals surface area contributed by atoms with Crippen molar-refractivity contribution in [2.45, 2.75) is 58.0 Å². The van der Waals surface area contributed by atoms with Gasteiger partial charge >= 0.3 is 5.97 Å². The van der Waals surface area contributed by atoms with Gasteiger partial charge in [-0.15, -0.1) is 0 Å². The van der Waals surface area contributed by atoms with E-state index in [1.54, 1.807) is 12.1 Å². The van der Waals surface area contributed by atoms with Gasteiger partial charge in [-0.3, -0.25) is 18.6 Å². The van der Waals surface area contributed by atoms with Gasteiger partial charge < -0.3 is 26.8 Å². The van der Waals surface area contributed by atoms with Gasteiger partial charge in [0.25, 0.3) is 11.3 Å². The molecule has 12 heteroatoms. The molecule has 35 heavy (non-hydrogen) atoms. The van der Waals surface area contributed by atoms with Crippen LogP contribution in [0.4, 0.5) is 11.4 Å². The van der Waals surface area contributed by atoms with Crippen LogP contribution in [0.1, 0.15) is 45.1 Å². The van der Waals surface area contributed by atoms with Crippen molar-refractivity contribution in [3.05, 3.63) is 23.8 Å². The molecule has 0 spiro atoms. The zero-order valence-corrected chi connectivity index (χ0v) is 21.0. The molecule has 194 valence electrons. The first-order valence-electron chi connectivity index (χ1n) is 11.9. The fourth-order valence-corrected chi connectivity index (χ4v) is 5.63. The molecule has 11 nitrogen and oxygen atoms in total. The minimum Gasteiger partial charge on any atom is -0.480 e. The maximum absolute atomic E-state index is 13.9. The molecule has 1 saturated heterocycles. The molecular formula is C23H36N6O5S. The molecule has 2 aliphatic heterocycles. The van der Waals surface area contributed by atoms with Crippen molar-refractivity contribution in [2.24, 2.45) is 28.3 Å². The lowest BCUT2D eigenvalue weighted by Gasteiger charge is -2.40. The van der Waals surface area contributed by atoms with Crippen molar-refractivity contribution < 1.29 is 23.5 Å². The van der Waals surface area contributed by atoms with E-state index in [4.69, 9.17) is 11.5 Å². The largest absolute Gasteiger partial charge is 0.480 e. The zero-order valence-electron chi connectivity index (χ0n) is 20.2. The van der Waals surface area contributed by atoms with E-state index in [2.05, 4.69) is 17.2 Å². The van der Waals surface area contributed by atoms with E-state index in [0.29, 0.717) is 37.4 Å². The van der Waals surface area contributed by atoms with Gasteiger partial charge in [0.2, 0.25) is 5.91 Å². The molecule has 0 aromatic heterocycles. The maximum atomic E-state index is 13.9. The number of aliphatic carboxylic acids is 1. The molecule has 0 saturated carbocycles. The number of rotatable bonds is 9. The SMILES string of the molecule is C[C@@H]1CCN(C(=O)[C@H](CCCN=C(N)N)N(c2cccc3c2NC[C@H](C)C3)S(=O)O)[C@@H](C(=O)O)C1. The van der Waals surface area contributed by atoms with Gasteiger partial charge in [0, 0.05) is 19.6 Å². The number of anilines is 2. The average molecular weight is 509 g/mol. The van der Waals surface area contributed by atoms with Crippen LogP contribution in [0.2, 0.25) is 0 Å². The third kappa shape index (κ3) is 6.43. The number of para-hydroxylation sites is 1. The van der Waals surface area contributed by atoms with E-state index in [1.165, 1.54) is 9.21 Å². The number of likely N-dealkylation sites (tertiary alicyclic amines) is 1. The number of carboxylic acid groups (broad SMARTS) is 1. The molecule has 1 amide bonds. The molecule has 0 bridgehead atoms. The second kappa shape index (κ2) is 11.7. The lowest BCUT2D eigenvalue weighted by atomic mass is 9.91. The van der Waals surface area contributed by atoms with Gasteiger partial charge in [-0.05, 0) is 55.6 Å². The predicted octanol–water partition coefficient (Wildman–Crippen LogP) is 1.37. The normalized spacial score (nSPS) is 23.4. The van der Waals surface area contributed by atoms with Crippen molar-refractivity contribution >= 4 is 40.5 Å². The molecule has 2 heterocycles. The Kier molecular flexibility index (Phi) is 8.95. The van der Waals surface area contributed by atoms with E-state index in [0.717, 1.165) is 17.7 Å². The molecule has 1 aromatic carbocycles. The predicted molar refractivity (Wildman–Crippen MR) is 136 cm³/mol. The highest BCUT2D eigenvalue weighted by atomic mass is 32.2. The van der Waals surface area contributed by atoms with Crippen molar-refractivity contribution in [2.75, 3.05) is 29.3 Å². The molecule has 0 aliphatic carbocycles. The highest BCUT2D eigenvalue weighted by Crippen LogP contribution is 2.37. The number of piperidine rings is 1. The van der Waals surface area contributed by atoms with Gasteiger partial charge in [0.1, 0.15) is 12.1 Å². The Bertz CT molecular complexity index is 985. The number of nitrogens with two attached hydrogens (primary N) is 2. The van der Waals surface area contributed by atoms with Crippen LogP contribution in [-0.4, -0.2) is 68.3 Å². The third-order valence-corrected chi connectivity index (χ3v) is 7.45. The summed E-state index contributed by atoms with van der Waals surface area (Å²) in [5.41, 5.74) is 13.0. The summed E-state index contributed by atoms with van der Waals surface area (Å²) in [6.07, 6.45) is 2.34. The number of nitrogens with one attached hydrogen (secondary N) is 1. The second-order valence-electron chi connectivity index (χ2n) is 9.54. The number of aliphatic imine (C=N–C) groups is 1. The zero-order chi connectivity index (χ0) is 25.7. The van der Waals surface area contributed by atoms with E-state index >= 15 is 0 Å². The molecule has 1 fully saturated rings. The molecule has 3 rings (SSSR count). The van der Waals surface area contributed by atoms with Crippen LogP contribution in [-0.2, 0) is 27.3 Å². The summed E-state index contributed by atoms with van der Waals surface area (Å²) in [5, 5.41) is 13.2. The number of carboxylic acids is 1. The second-order valence-corrected chi connectivity index (χ2v) is 10.4. The van der Waals surface area contributed by atoms with Gasteiger partial charge in [0.05, 0.1) is 11.4 Å². The Balaban J connectivity index is 2.00. The summed E-state index contributed by atoms with van der Waals surface area (Å²) < 4.78 is 24.3. The topological polar surface area (TPSA) is 175 Å². The molecule has 1 unspecified atom stereocenters. The van der Waals surface area contributed by atoms with Crippen LogP contribution in [0, 0.1) is 11.8 Å². The summed E-state index contributed by atoms with van der Waals surface area (Å²) in [6, 6.07) is 3.42. The lowest BCUT2D eigenvalue weighted by Crippen LogP contribution is -2.57. The van der Waals surface area contributed by atoms with E-state index in [-0.39, 0.29) is 31.4 Å². The summed E-state index contributed by atoms with van der Waals surface area (Å²) in [5.74, 6) is -1.08. The van der Waals surface area contributed by atoms with Crippen molar-refractivity contribution in [3.63, 3.8) is 0 Å². The highest BCUT2D eigenvalue weighted by Gasteiger charge is 2.41. The molecule has 2 aliphatic rings. The standard InChI is InChI=1S/C23H36N6O5S/c1-14-8-10-28(19(12-14)22(31)32)21(30)18(7-4-9-26-23(24)25)29(35(33)34)17-6-3-5-16-11-15(2)13-27-20(16)17/h3,5-6,14-15,18-19,27H,4,7-13H2,1-2H3,(H,31,32)(H,33,34)(H4,24,25,26)/t14-,15-,18+,19-/m1/s1. The van der Waals surface area contributed by atoms with Gasteiger partial charge in [-0.1, -0.05) is 26.0 Å². The average Bonchev–Trinajstić information content (AvgIpc) is 2.79. The van der Waals surface area contributed by atoms with Crippen molar-refractivity contribution in [1.82, 2.24) is 4.90 Å². The number of guanidine groups is 1. The first kappa shape index (κ1) is 26.7. The van der Waals surface area contributed by atoms with Gasteiger partial charge in [-0.25, -0.2) is 9.00 Å². The number of amides is 1. The number of hydrogen-bond donors (Lipinski definition) is 5. The number of benzene rings is 1. The fraction of sp³-hybridized carbons (Fsp3) is 0.609. The summed E-state index contributed by atoms with van der Waals surface area (Å²) in [6.45, 7) is 5.28. The quantitative estimate of drug-likeness (QED) is 0.144. The molecule has 0 radical (unpaired) electrons. The third-order valence-electron chi connectivity index (χ3n) is 6.66. The smallest absolute Gasteiger partial charge is 0.326 e. The van der Waals surface area contributed by atoms with Crippen LogP contribution in [0.15, 0.2) is 23.2 Å². The first-order chi connectivity index (χ1) is 16.6. The van der Waals surface area contributed by atoms with Crippen molar-refractivity contribution in [1.29, 1.82) is 0 Å². The van der Waals surface area contributed by atoms with E-state index in [1.807, 2.05) is 13.0 Å². The van der Waals surface area contributed by atoms with Crippen LogP contribution in [0.25, 0.3) is 0 Å². The number of fused-ring (bicyclic) bond motifs is 1. The number of nitrogens with zero attached hydrogens (tertiary/aromatic N) is 3. The Morgan fingerprint density at radius 3 is 2.71 bits per heavy atom. The number of carbonyl (C=O) groups is 2. The van der Waals surface area contributed by atoms with Crippen LogP contribution in [0.5, 0.6) is 0 Å². The number of carbonyl (C=O) groups excluding carboxylic acids is 1. The van der Waals surface area contributed by atoms with Gasteiger partial charge in [-0.2, -0.15) is 0 Å². The van der Waals surface area contributed by atoms with Gasteiger partial charge in [0.15, 0.2) is 5.96 Å². The highest BCUT2D eigenvalue weighted by molar-refractivity contribution is 7.80. The fourth-order valence-electron chi connectivity index (χ4n) is 4.89. The molecule has 1 aromatic rings. The Morgan fingerprint density at radius 2 is 2.06 bits per heavy atom. The van der Waals surface area contributed by atoms with Crippen LogP contribution in [0.3, 0.4) is 0 Å². The summed E-state index contributed by atoms with van der Waals surface area (Å²) in [4.78, 5) is 31.2. The minimum atomic E-state index is -2.55. The van der Waals surface area contributed by atoms with E-state index < -0.39 is 35.2 Å². The monoisotopic (exact) mass is 508 g/mol. The molecular weight excluding hydrogens is 472 g/mol. The Morgan fingerprint density at radius 1 is 1.31 bits per heavy atom. The Hall–Kier alpha value is -2.86. The summed E-state index contributed by atoms with van der Waals surface area (Å²) in [7, 11) is 0. The molecule has 5 atom stereocenters. The minimum absolute atomic E-state index is 0.0816.